The van der Waals surface area contributed by atoms with Crippen molar-refractivity contribution in [2.45, 2.75) is 12.2 Å². The number of nitrogens with two attached hydrogens (primary N) is 1. The Morgan fingerprint density at radius 2 is 1.87 bits per heavy atom. The summed E-state index contributed by atoms with van der Waals surface area (Å²) in [6.07, 6.45) is 0.464. The first-order chi connectivity index (χ1) is 17.8. The fraction of sp³-hybridized carbons (Fsp3) is 0.115. The van der Waals surface area contributed by atoms with Gasteiger partial charge in [-0.3, -0.25) is 14.3 Å². The van der Waals surface area contributed by atoms with Crippen LogP contribution >= 0.6 is 11.6 Å². The van der Waals surface area contributed by atoms with Crippen LogP contribution in [-0.2, 0) is 13.2 Å². The van der Waals surface area contributed by atoms with Crippen molar-refractivity contribution in [3.8, 4) is 23.5 Å². The molecule has 2 heterocycles. The summed E-state index contributed by atoms with van der Waals surface area (Å²) in [5, 5.41) is 7.02. The normalized spacial score (nSPS) is 14.9. The summed E-state index contributed by atoms with van der Waals surface area (Å²) >= 11 is 6.30. The van der Waals surface area contributed by atoms with E-state index in [1.807, 2.05) is 0 Å². The molecule has 0 bridgehead atoms. The van der Waals surface area contributed by atoms with E-state index >= 15 is 0 Å². The van der Waals surface area contributed by atoms with Gasteiger partial charge in [0.15, 0.2) is 0 Å². The van der Waals surface area contributed by atoms with E-state index in [9.17, 15) is 31.5 Å². The molecule has 3 aromatic carbocycles. The molecule has 12 heteroatoms. The van der Waals surface area contributed by atoms with Crippen molar-refractivity contribution in [1.29, 1.82) is 0 Å². The van der Waals surface area contributed by atoms with E-state index in [1.54, 1.807) is 0 Å². The number of rotatable bonds is 3. The van der Waals surface area contributed by atoms with Crippen molar-refractivity contribution in [3.63, 3.8) is 0 Å². The predicted molar refractivity (Wildman–Crippen MR) is 128 cm³/mol. The maximum atomic E-state index is 14.3. The van der Waals surface area contributed by atoms with Crippen molar-refractivity contribution >= 4 is 34.3 Å². The van der Waals surface area contributed by atoms with Crippen molar-refractivity contribution < 1.29 is 31.5 Å². The van der Waals surface area contributed by atoms with Gasteiger partial charge >= 0.3 is 6.18 Å². The smallest absolute Gasteiger partial charge is 0.366 e. The van der Waals surface area contributed by atoms with Crippen LogP contribution < -0.4 is 11.1 Å². The number of nitrogens with one attached hydrogen (secondary N) is 1. The summed E-state index contributed by atoms with van der Waals surface area (Å²) in [5.41, 5.74) is 1.99. The molecule has 0 radical (unpaired) electrons. The topological polar surface area (TPSA) is 90.0 Å². The van der Waals surface area contributed by atoms with Gasteiger partial charge in [-0.25, -0.2) is 8.78 Å². The van der Waals surface area contributed by atoms with Crippen LogP contribution in [0.25, 0.3) is 22.0 Å². The standard InChI is InChI=1S/C26H14ClF5N4O2/c1-3-18-13-9-14(19-15(24(33)37)7-11(29)8-16(19)26(30,31)32)20-21(23(13)35-36(18)2)25(38)34-22(20)12-6-10(28)4-5-17(12)27/h1,4-9,22H,2H3,(H2,33,37)(H,34,38). The minimum absolute atomic E-state index is 0.00575. The number of carbonyl (C=O) groups is 2. The first kappa shape index (κ1) is 25.2. The molecule has 0 saturated carbocycles. The van der Waals surface area contributed by atoms with Crippen LogP contribution in [0.2, 0.25) is 5.02 Å². The van der Waals surface area contributed by atoms with Gasteiger partial charge in [0.1, 0.15) is 22.8 Å². The third-order valence-electron chi connectivity index (χ3n) is 6.31. The molecule has 1 atom stereocenters. The van der Waals surface area contributed by atoms with Gasteiger partial charge in [-0.15, -0.1) is 6.42 Å². The number of benzene rings is 3. The average Bonchev–Trinajstić information content (AvgIpc) is 3.34. The van der Waals surface area contributed by atoms with Crippen LogP contribution in [0.5, 0.6) is 0 Å². The van der Waals surface area contributed by atoms with Crippen LogP contribution in [0.15, 0.2) is 36.4 Å². The molecule has 5 rings (SSSR count). The number of terminal acetylenes is 1. The third kappa shape index (κ3) is 3.76. The lowest BCUT2D eigenvalue weighted by atomic mass is 9.84. The largest absolute Gasteiger partial charge is 0.417 e. The van der Waals surface area contributed by atoms with Crippen LogP contribution in [0, 0.1) is 24.0 Å². The van der Waals surface area contributed by atoms with E-state index in [4.69, 9.17) is 23.8 Å². The van der Waals surface area contributed by atoms with Crippen molar-refractivity contribution in [2.75, 3.05) is 0 Å². The fourth-order valence-corrected chi connectivity index (χ4v) is 5.04. The molecule has 0 saturated heterocycles. The molecular weight excluding hydrogens is 531 g/mol. The van der Waals surface area contributed by atoms with Crippen molar-refractivity contribution in [2.24, 2.45) is 12.8 Å². The number of amides is 2. The number of aryl methyl sites for hydroxylation is 1. The lowest BCUT2D eigenvalue weighted by Gasteiger charge is -2.22. The second-order valence-corrected chi connectivity index (χ2v) is 8.94. The third-order valence-corrected chi connectivity index (χ3v) is 6.65. The highest BCUT2D eigenvalue weighted by Crippen LogP contribution is 2.48. The van der Waals surface area contributed by atoms with Gasteiger partial charge in [0.25, 0.3) is 5.91 Å². The Labute approximate surface area is 216 Å². The van der Waals surface area contributed by atoms with Crippen LogP contribution in [0.3, 0.4) is 0 Å². The number of hydrogen-bond acceptors (Lipinski definition) is 3. The van der Waals surface area contributed by atoms with E-state index in [0.29, 0.717) is 6.07 Å². The molecule has 2 amide bonds. The van der Waals surface area contributed by atoms with Gasteiger partial charge in [-0.05, 0) is 47.9 Å². The summed E-state index contributed by atoms with van der Waals surface area (Å²) in [4.78, 5) is 25.6. The summed E-state index contributed by atoms with van der Waals surface area (Å²) in [5.74, 6) is -1.80. The molecule has 3 N–H and O–H groups in total. The molecule has 1 aliphatic heterocycles. The molecule has 38 heavy (non-hydrogen) atoms. The zero-order chi connectivity index (χ0) is 27.7. The van der Waals surface area contributed by atoms with Crippen molar-refractivity contribution in [3.05, 3.63) is 86.6 Å². The van der Waals surface area contributed by atoms with Gasteiger partial charge < -0.3 is 11.1 Å². The lowest BCUT2D eigenvalue weighted by Crippen LogP contribution is -2.21. The van der Waals surface area contributed by atoms with Gasteiger partial charge in [-0.2, -0.15) is 18.3 Å². The molecule has 192 valence electrons. The molecule has 0 fully saturated rings. The molecular formula is C26H14ClF5N4O2. The summed E-state index contributed by atoms with van der Waals surface area (Å²) in [6, 6.07) is 4.07. The second kappa shape index (κ2) is 8.56. The lowest BCUT2D eigenvalue weighted by molar-refractivity contribution is -0.137. The minimum atomic E-state index is -5.14. The zero-order valence-electron chi connectivity index (χ0n) is 19.2. The van der Waals surface area contributed by atoms with Gasteiger partial charge in [0.05, 0.1) is 22.7 Å². The van der Waals surface area contributed by atoms with Gasteiger partial charge in [0.2, 0.25) is 5.91 Å². The first-order valence-electron chi connectivity index (χ1n) is 10.8. The number of alkyl halides is 3. The molecule has 0 aliphatic carbocycles. The van der Waals surface area contributed by atoms with E-state index in [0.717, 1.165) is 12.1 Å². The molecule has 6 nitrogen and oxygen atoms in total. The Bertz CT molecular complexity index is 1750. The van der Waals surface area contributed by atoms with E-state index in [2.05, 4.69) is 16.3 Å². The highest BCUT2D eigenvalue weighted by atomic mass is 35.5. The molecule has 0 spiro atoms. The monoisotopic (exact) mass is 544 g/mol. The van der Waals surface area contributed by atoms with Crippen LogP contribution in [0.1, 0.15) is 49.1 Å². The number of aromatic nitrogens is 2. The average molecular weight is 545 g/mol. The second-order valence-electron chi connectivity index (χ2n) is 8.54. The number of fused-ring (bicyclic) bond motifs is 3. The maximum Gasteiger partial charge on any atom is 0.417 e. The first-order valence-corrected chi connectivity index (χ1v) is 11.2. The van der Waals surface area contributed by atoms with Crippen LogP contribution in [0.4, 0.5) is 22.0 Å². The summed E-state index contributed by atoms with van der Waals surface area (Å²) < 4.78 is 72.6. The zero-order valence-corrected chi connectivity index (χ0v) is 19.9. The summed E-state index contributed by atoms with van der Waals surface area (Å²) in [6.45, 7) is 0. The Balaban J connectivity index is 2.02. The molecule has 1 aliphatic rings. The van der Waals surface area contributed by atoms with E-state index in [-0.39, 0.29) is 49.9 Å². The SMILES string of the molecule is C#Cc1c2cc(-c3c(C(N)=O)cc(F)cc3C(F)(F)F)c3c(c2nn1C)C(=O)NC3c1cc(F)ccc1Cl. The Morgan fingerprint density at radius 1 is 1.16 bits per heavy atom. The maximum absolute atomic E-state index is 14.3. The molecule has 1 unspecified atom stereocenters. The Morgan fingerprint density at radius 3 is 2.50 bits per heavy atom. The number of halogens is 6. The highest BCUT2D eigenvalue weighted by Gasteiger charge is 2.42. The number of hydrogen-bond donors (Lipinski definition) is 2. The number of nitrogens with zero attached hydrogens (tertiary/aromatic N) is 2. The highest BCUT2D eigenvalue weighted by molar-refractivity contribution is 6.31. The fourth-order valence-electron chi connectivity index (χ4n) is 4.81. The Kier molecular flexibility index (Phi) is 5.69. The van der Waals surface area contributed by atoms with Gasteiger partial charge in [0, 0.05) is 34.1 Å². The predicted octanol–water partition coefficient (Wildman–Crippen LogP) is 5.10. The quantitative estimate of drug-likeness (QED) is 0.278. The number of primary amides is 1. The molecule has 1 aromatic heterocycles. The van der Waals surface area contributed by atoms with E-state index in [1.165, 1.54) is 23.9 Å². The Hall–Kier alpha value is -4.43. The number of carbonyl (C=O) groups excluding carboxylic acids is 2. The minimum Gasteiger partial charge on any atom is -0.366 e. The molecule has 4 aromatic rings. The summed E-state index contributed by atoms with van der Waals surface area (Å²) in [7, 11) is 1.48. The van der Waals surface area contributed by atoms with Crippen LogP contribution in [-0.4, -0.2) is 21.6 Å². The van der Waals surface area contributed by atoms with Crippen molar-refractivity contribution in [1.82, 2.24) is 15.1 Å². The van der Waals surface area contributed by atoms with Gasteiger partial charge in [-0.1, -0.05) is 11.6 Å². The van der Waals surface area contributed by atoms with E-state index < -0.39 is 52.4 Å².